The SMILES string of the molecule is CC(C)(O)OCCCn1ccc(NC(=O)c2ccccc2)n1. The fraction of sp³-hybridized carbons (Fsp3) is 0.375. The number of benzene rings is 1. The highest BCUT2D eigenvalue weighted by molar-refractivity contribution is 6.03. The fourth-order valence-corrected chi connectivity index (χ4v) is 1.88. The molecule has 0 spiro atoms. The zero-order valence-corrected chi connectivity index (χ0v) is 12.8. The largest absolute Gasteiger partial charge is 0.366 e. The van der Waals surface area contributed by atoms with Crippen molar-refractivity contribution in [1.82, 2.24) is 9.78 Å². The van der Waals surface area contributed by atoms with Gasteiger partial charge < -0.3 is 15.2 Å². The second kappa shape index (κ2) is 7.20. The first-order chi connectivity index (χ1) is 10.4. The molecule has 0 radical (unpaired) electrons. The molecule has 6 heteroatoms. The Kier molecular flexibility index (Phi) is 5.30. The van der Waals surface area contributed by atoms with E-state index in [2.05, 4.69) is 10.4 Å². The van der Waals surface area contributed by atoms with Crippen LogP contribution in [-0.4, -0.2) is 33.2 Å². The predicted octanol–water partition coefficient (Wildman–Crippen LogP) is 2.27. The summed E-state index contributed by atoms with van der Waals surface area (Å²) in [6.07, 6.45) is 2.52. The number of ether oxygens (including phenoxy) is 1. The van der Waals surface area contributed by atoms with Gasteiger partial charge >= 0.3 is 0 Å². The number of amides is 1. The number of hydrogen-bond acceptors (Lipinski definition) is 4. The Hall–Kier alpha value is -2.18. The van der Waals surface area contributed by atoms with Crippen LogP contribution in [0.1, 0.15) is 30.6 Å². The maximum Gasteiger partial charge on any atom is 0.256 e. The molecule has 1 aromatic carbocycles. The second-order valence-electron chi connectivity index (χ2n) is 5.43. The van der Waals surface area contributed by atoms with E-state index in [-0.39, 0.29) is 5.91 Å². The van der Waals surface area contributed by atoms with Crippen LogP contribution in [0.5, 0.6) is 0 Å². The van der Waals surface area contributed by atoms with Crippen molar-refractivity contribution >= 4 is 11.7 Å². The van der Waals surface area contributed by atoms with Crippen LogP contribution in [-0.2, 0) is 11.3 Å². The fourth-order valence-electron chi connectivity index (χ4n) is 1.88. The summed E-state index contributed by atoms with van der Waals surface area (Å²) in [7, 11) is 0. The zero-order chi connectivity index (χ0) is 16.0. The van der Waals surface area contributed by atoms with E-state index >= 15 is 0 Å². The summed E-state index contributed by atoms with van der Waals surface area (Å²) in [4.78, 5) is 12.0. The van der Waals surface area contributed by atoms with E-state index in [9.17, 15) is 9.90 Å². The lowest BCUT2D eigenvalue weighted by molar-refractivity contribution is -0.176. The van der Waals surface area contributed by atoms with Crippen LogP contribution in [0.25, 0.3) is 0 Å². The van der Waals surface area contributed by atoms with Crippen LogP contribution < -0.4 is 5.32 Å². The average molecular weight is 303 g/mol. The molecular weight excluding hydrogens is 282 g/mol. The quantitative estimate of drug-likeness (QED) is 0.607. The topological polar surface area (TPSA) is 76.4 Å². The van der Waals surface area contributed by atoms with E-state index in [0.717, 1.165) is 6.42 Å². The van der Waals surface area contributed by atoms with E-state index in [1.54, 1.807) is 42.9 Å². The molecule has 118 valence electrons. The lowest BCUT2D eigenvalue weighted by Crippen LogP contribution is -2.24. The van der Waals surface area contributed by atoms with Gasteiger partial charge in [0.2, 0.25) is 0 Å². The number of aryl methyl sites for hydroxylation is 1. The molecule has 0 aliphatic carbocycles. The molecule has 2 N–H and O–H groups in total. The molecule has 0 saturated heterocycles. The third-order valence-corrected chi connectivity index (χ3v) is 2.91. The van der Waals surface area contributed by atoms with Crippen molar-refractivity contribution in [3.63, 3.8) is 0 Å². The van der Waals surface area contributed by atoms with Gasteiger partial charge in [-0.25, -0.2) is 0 Å². The standard InChI is InChI=1S/C16H21N3O3/c1-16(2,21)22-12-6-10-19-11-9-14(18-19)17-15(20)13-7-4-3-5-8-13/h3-5,7-9,11,21H,6,10,12H2,1-2H3,(H,17,18,20). The van der Waals surface area contributed by atoms with Crippen molar-refractivity contribution in [3.8, 4) is 0 Å². The number of aliphatic hydroxyl groups is 1. The lowest BCUT2D eigenvalue weighted by Gasteiger charge is -2.17. The van der Waals surface area contributed by atoms with E-state index in [1.165, 1.54) is 0 Å². The molecular formula is C16H21N3O3. The Bertz CT molecular complexity index is 603. The monoisotopic (exact) mass is 303 g/mol. The van der Waals surface area contributed by atoms with Crippen molar-refractivity contribution in [1.29, 1.82) is 0 Å². The van der Waals surface area contributed by atoms with Gasteiger partial charge in [-0.2, -0.15) is 5.10 Å². The van der Waals surface area contributed by atoms with Crippen LogP contribution in [0.4, 0.5) is 5.82 Å². The summed E-state index contributed by atoms with van der Waals surface area (Å²) in [5, 5.41) is 16.5. The number of nitrogens with zero attached hydrogens (tertiary/aromatic N) is 2. The van der Waals surface area contributed by atoms with Crippen LogP contribution >= 0.6 is 0 Å². The third-order valence-electron chi connectivity index (χ3n) is 2.91. The van der Waals surface area contributed by atoms with Gasteiger partial charge in [0.15, 0.2) is 11.6 Å². The van der Waals surface area contributed by atoms with Gasteiger partial charge in [-0.3, -0.25) is 9.48 Å². The predicted molar refractivity (Wildman–Crippen MR) is 83.5 cm³/mol. The third kappa shape index (κ3) is 5.31. The molecule has 0 aliphatic rings. The minimum Gasteiger partial charge on any atom is -0.366 e. The Balaban J connectivity index is 1.80. The van der Waals surface area contributed by atoms with E-state index in [4.69, 9.17) is 4.74 Å². The van der Waals surface area contributed by atoms with Crippen molar-refractivity contribution in [2.24, 2.45) is 0 Å². The number of anilines is 1. The molecule has 2 aromatic rings. The minimum atomic E-state index is -1.11. The number of aromatic nitrogens is 2. The highest BCUT2D eigenvalue weighted by atomic mass is 16.6. The highest BCUT2D eigenvalue weighted by Crippen LogP contribution is 2.08. The molecule has 0 atom stereocenters. The van der Waals surface area contributed by atoms with Gasteiger partial charge in [-0.05, 0) is 32.4 Å². The van der Waals surface area contributed by atoms with E-state index in [1.807, 2.05) is 18.2 Å². The molecule has 1 heterocycles. The highest BCUT2D eigenvalue weighted by Gasteiger charge is 2.11. The second-order valence-corrected chi connectivity index (χ2v) is 5.43. The van der Waals surface area contributed by atoms with Gasteiger partial charge in [0.25, 0.3) is 5.91 Å². The van der Waals surface area contributed by atoms with Gasteiger partial charge in [-0.15, -0.1) is 0 Å². The van der Waals surface area contributed by atoms with Crippen LogP contribution in [0.3, 0.4) is 0 Å². The first kappa shape index (κ1) is 16.2. The summed E-state index contributed by atoms with van der Waals surface area (Å²) >= 11 is 0. The lowest BCUT2D eigenvalue weighted by atomic mass is 10.2. The van der Waals surface area contributed by atoms with E-state index < -0.39 is 5.79 Å². The van der Waals surface area contributed by atoms with Crippen molar-refractivity contribution in [2.45, 2.75) is 32.6 Å². The number of rotatable bonds is 7. The molecule has 0 saturated carbocycles. The minimum absolute atomic E-state index is 0.184. The molecule has 2 rings (SSSR count). The van der Waals surface area contributed by atoms with Crippen LogP contribution in [0.15, 0.2) is 42.6 Å². The molecule has 6 nitrogen and oxygen atoms in total. The maximum atomic E-state index is 12.0. The van der Waals surface area contributed by atoms with Crippen molar-refractivity contribution in [2.75, 3.05) is 11.9 Å². The Morgan fingerprint density at radius 2 is 2.05 bits per heavy atom. The van der Waals surface area contributed by atoms with Crippen molar-refractivity contribution < 1.29 is 14.6 Å². The number of hydrogen-bond donors (Lipinski definition) is 2. The summed E-state index contributed by atoms with van der Waals surface area (Å²) in [5.74, 6) is -0.785. The molecule has 0 fully saturated rings. The summed E-state index contributed by atoms with van der Waals surface area (Å²) in [6.45, 7) is 4.28. The smallest absolute Gasteiger partial charge is 0.256 e. The number of carbonyl (C=O) groups excluding carboxylic acids is 1. The summed E-state index contributed by atoms with van der Waals surface area (Å²) < 4.78 is 6.96. The molecule has 0 bridgehead atoms. The molecule has 0 aliphatic heterocycles. The van der Waals surface area contributed by atoms with Crippen LogP contribution in [0.2, 0.25) is 0 Å². The summed E-state index contributed by atoms with van der Waals surface area (Å²) in [5.41, 5.74) is 0.593. The number of nitrogens with one attached hydrogen (secondary N) is 1. The first-order valence-electron chi connectivity index (χ1n) is 7.20. The normalized spacial score (nSPS) is 11.4. The van der Waals surface area contributed by atoms with Crippen molar-refractivity contribution in [3.05, 3.63) is 48.2 Å². The Morgan fingerprint density at radius 3 is 2.73 bits per heavy atom. The maximum absolute atomic E-state index is 12.0. The van der Waals surface area contributed by atoms with Gasteiger partial charge in [0, 0.05) is 24.4 Å². The molecule has 22 heavy (non-hydrogen) atoms. The van der Waals surface area contributed by atoms with Gasteiger partial charge in [-0.1, -0.05) is 18.2 Å². The Labute approximate surface area is 129 Å². The average Bonchev–Trinajstić information content (AvgIpc) is 2.91. The number of carbonyl (C=O) groups is 1. The molecule has 1 amide bonds. The van der Waals surface area contributed by atoms with Gasteiger partial charge in [0.05, 0.1) is 6.61 Å². The van der Waals surface area contributed by atoms with E-state index in [0.29, 0.717) is 24.5 Å². The molecule has 1 aromatic heterocycles. The molecule has 0 unspecified atom stereocenters. The Morgan fingerprint density at radius 1 is 1.32 bits per heavy atom. The first-order valence-corrected chi connectivity index (χ1v) is 7.20. The van der Waals surface area contributed by atoms with Crippen LogP contribution in [0, 0.1) is 0 Å². The zero-order valence-electron chi connectivity index (χ0n) is 12.8. The van der Waals surface area contributed by atoms with Gasteiger partial charge in [0.1, 0.15) is 0 Å². The summed E-state index contributed by atoms with van der Waals surface area (Å²) in [6, 6.07) is 10.7.